The van der Waals surface area contributed by atoms with Gasteiger partial charge in [-0.1, -0.05) is 49.7 Å². The molecule has 0 saturated carbocycles. The second-order valence-electron chi connectivity index (χ2n) is 4.59. The lowest BCUT2D eigenvalue weighted by molar-refractivity contribution is 0.0954. The summed E-state index contributed by atoms with van der Waals surface area (Å²) in [7, 11) is 0. The summed E-state index contributed by atoms with van der Waals surface area (Å²) in [6, 6.07) is 12.1. The van der Waals surface area contributed by atoms with Gasteiger partial charge in [0.1, 0.15) is 0 Å². The van der Waals surface area contributed by atoms with Crippen molar-refractivity contribution in [1.82, 2.24) is 5.32 Å². The van der Waals surface area contributed by atoms with Crippen LogP contribution in [0.25, 0.3) is 10.8 Å². The van der Waals surface area contributed by atoms with Crippen molar-refractivity contribution in [3.8, 4) is 0 Å². The first-order valence-corrected chi connectivity index (χ1v) is 6.50. The number of unbranched alkanes of at least 4 members (excludes halogenated alkanes) is 1. The highest BCUT2D eigenvalue weighted by molar-refractivity contribution is 6.08. The molecule has 0 aliphatic rings. The topological polar surface area (TPSA) is 29.1 Å². The molecule has 2 aromatic rings. The van der Waals surface area contributed by atoms with Gasteiger partial charge in [-0.3, -0.25) is 4.79 Å². The fourth-order valence-corrected chi connectivity index (χ4v) is 2.15. The van der Waals surface area contributed by atoms with Crippen LogP contribution in [0.2, 0.25) is 0 Å². The quantitative estimate of drug-likeness (QED) is 0.813. The molecule has 0 radical (unpaired) electrons. The zero-order chi connectivity index (χ0) is 13.0. The van der Waals surface area contributed by atoms with Crippen LogP contribution in [-0.4, -0.2) is 12.5 Å². The highest BCUT2D eigenvalue weighted by Crippen LogP contribution is 2.21. The Morgan fingerprint density at radius 2 is 1.94 bits per heavy atom. The average Bonchev–Trinajstić information content (AvgIpc) is 2.38. The molecule has 94 valence electrons. The first kappa shape index (κ1) is 12.6. The van der Waals surface area contributed by atoms with Gasteiger partial charge in [-0.05, 0) is 29.7 Å². The molecule has 2 rings (SSSR count). The lowest BCUT2D eigenvalue weighted by Gasteiger charge is -2.10. The van der Waals surface area contributed by atoms with E-state index in [0.717, 1.165) is 41.3 Å². The number of fused-ring (bicyclic) bond motifs is 1. The highest BCUT2D eigenvalue weighted by atomic mass is 16.1. The monoisotopic (exact) mass is 241 g/mol. The third-order valence-corrected chi connectivity index (χ3v) is 3.18. The molecule has 0 fully saturated rings. The predicted octanol–water partition coefficient (Wildman–Crippen LogP) is 3.68. The molecule has 2 heteroatoms. The second-order valence-corrected chi connectivity index (χ2v) is 4.59. The summed E-state index contributed by atoms with van der Waals surface area (Å²) >= 11 is 0. The van der Waals surface area contributed by atoms with Crippen molar-refractivity contribution in [2.24, 2.45) is 0 Å². The normalized spacial score (nSPS) is 10.6. The lowest BCUT2D eigenvalue weighted by atomic mass is 9.99. The Labute approximate surface area is 108 Å². The van der Waals surface area contributed by atoms with Gasteiger partial charge >= 0.3 is 0 Å². The molecule has 0 spiro atoms. The third kappa shape index (κ3) is 2.53. The zero-order valence-electron chi connectivity index (χ0n) is 11.0. The maximum absolute atomic E-state index is 12.2. The van der Waals surface area contributed by atoms with Gasteiger partial charge in [-0.15, -0.1) is 0 Å². The van der Waals surface area contributed by atoms with Crippen molar-refractivity contribution in [2.75, 3.05) is 6.54 Å². The average molecular weight is 241 g/mol. The van der Waals surface area contributed by atoms with Crippen molar-refractivity contribution in [1.29, 1.82) is 0 Å². The van der Waals surface area contributed by atoms with Crippen LogP contribution in [0.4, 0.5) is 0 Å². The van der Waals surface area contributed by atoms with Gasteiger partial charge in [0.15, 0.2) is 0 Å². The van der Waals surface area contributed by atoms with Crippen molar-refractivity contribution in [3.05, 3.63) is 47.5 Å². The Morgan fingerprint density at radius 1 is 1.17 bits per heavy atom. The number of carbonyl (C=O) groups is 1. The molecule has 18 heavy (non-hydrogen) atoms. The summed E-state index contributed by atoms with van der Waals surface area (Å²) in [5.41, 5.74) is 1.84. The van der Waals surface area contributed by atoms with Crippen LogP contribution in [0.15, 0.2) is 36.4 Å². The second kappa shape index (κ2) is 5.67. The van der Waals surface area contributed by atoms with E-state index in [0.29, 0.717) is 0 Å². The molecule has 0 bridgehead atoms. The molecular formula is C16H19NO. The summed E-state index contributed by atoms with van der Waals surface area (Å²) in [6.07, 6.45) is 2.12. The Hall–Kier alpha value is -1.83. The van der Waals surface area contributed by atoms with E-state index in [1.807, 2.05) is 37.3 Å². The van der Waals surface area contributed by atoms with Crippen molar-refractivity contribution < 1.29 is 4.79 Å². The number of rotatable bonds is 4. The van der Waals surface area contributed by atoms with Gasteiger partial charge in [0.05, 0.1) is 5.56 Å². The van der Waals surface area contributed by atoms with Crippen LogP contribution in [0.1, 0.15) is 35.7 Å². The minimum absolute atomic E-state index is 0.0396. The number of hydrogen-bond donors (Lipinski definition) is 1. The van der Waals surface area contributed by atoms with Crippen LogP contribution >= 0.6 is 0 Å². The van der Waals surface area contributed by atoms with E-state index in [9.17, 15) is 4.79 Å². The van der Waals surface area contributed by atoms with Gasteiger partial charge < -0.3 is 5.32 Å². The molecule has 1 amide bonds. The van der Waals surface area contributed by atoms with Gasteiger partial charge in [-0.25, -0.2) is 0 Å². The molecule has 2 aromatic carbocycles. The van der Waals surface area contributed by atoms with Crippen LogP contribution in [0, 0.1) is 6.92 Å². The van der Waals surface area contributed by atoms with E-state index in [1.165, 1.54) is 0 Å². The number of benzene rings is 2. The number of aryl methyl sites for hydroxylation is 1. The Kier molecular flexibility index (Phi) is 3.98. The minimum Gasteiger partial charge on any atom is -0.352 e. The van der Waals surface area contributed by atoms with Crippen molar-refractivity contribution >= 4 is 16.7 Å². The highest BCUT2D eigenvalue weighted by Gasteiger charge is 2.12. The molecule has 0 saturated heterocycles. The van der Waals surface area contributed by atoms with Crippen LogP contribution < -0.4 is 5.32 Å². The predicted molar refractivity (Wildman–Crippen MR) is 75.9 cm³/mol. The first-order valence-electron chi connectivity index (χ1n) is 6.50. The fraction of sp³-hybridized carbons (Fsp3) is 0.312. The van der Waals surface area contributed by atoms with E-state index in [4.69, 9.17) is 0 Å². The molecular weight excluding hydrogens is 222 g/mol. The minimum atomic E-state index is 0.0396. The number of hydrogen-bond acceptors (Lipinski definition) is 1. The molecule has 0 aliphatic heterocycles. The van der Waals surface area contributed by atoms with E-state index >= 15 is 0 Å². The molecule has 2 nitrogen and oxygen atoms in total. The van der Waals surface area contributed by atoms with E-state index in [2.05, 4.69) is 18.3 Å². The van der Waals surface area contributed by atoms with Gasteiger partial charge in [-0.2, -0.15) is 0 Å². The van der Waals surface area contributed by atoms with Crippen LogP contribution in [0.5, 0.6) is 0 Å². The largest absolute Gasteiger partial charge is 0.352 e. The van der Waals surface area contributed by atoms with E-state index < -0.39 is 0 Å². The molecule has 0 atom stereocenters. The smallest absolute Gasteiger partial charge is 0.252 e. The lowest BCUT2D eigenvalue weighted by Crippen LogP contribution is -2.25. The maximum Gasteiger partial charge on any atom is 0.252 e. The van der Waals surface area contributed by atoms with Crippen LogP contribution in [0.3, 0.4) is 0 Å². The SMILES string of the molecule is CCCCNC(=O)c1c(C)ccc2ccccc12. The Morgan fingerprint density at radius 3 is 2.72 bits per heavy atom. The molecule has 0 aromatic heterocycles. The van der Waals surface area contributed by atoms with E-state index in [-0.39, 0.29) is 5.91 Å². The molecule has 0 unspecified atom stereocenters. The maximum atomic E-state index is 12.2. The zero-order valence-corrected chi connectivity index (χ0v) is 11.0. The summed E-state index contributed by atoms with van der Waals surface area (Å²) < 4.78 is 0. The van der Waals surface area contributed by atoms with Crippen molar-refractivity contribution in [2.45, 2.75) is 26.7 Å². The number of carbonyl (C=O) groups excluding carboxylic acids is 1. The summed E-state index contributed by atoms with van der Waals surface area (Å²) in [5, 5.41) is 5.14. The standard InChI is InChI=1S/C16H19NO/c1-3-4-11-17-16(18)15-12(2)9-10-13-7-5-6-8-14(13)15/h5-10H,3-4,11H2,1-2H3,(H,17,18). The Bertz CT molecular complexity index is 560. The molecule has 0 heterocycles. The molecule has 1 N–H and O–H groups in total. The first-order chi connectivity index (χ1) is 8.74. The van der Waals surface area contributed by atoms with Gasteiger partial charge in [0.2, 0.25) is 0 Å². The number of amides is 1. The van der Waals surface area contributed by atoms with Gasteiger partial charge in [0.25, 0.3) is 5.91 Å². The van der Waals surface area contributed by atoms with E-state index in [1.54, 1.807) is 0 Å². The summed E-state index contributed by atoms with van der Waals surface area (Å²) in [6.45, 7) is 4.86. The summed E-state index contributed by atoms with van der Waals surface area (Å²) in [5.74, 6) is 0.0396. The van der Waals surface area contributed by atoms with Crippen molar-refractivity contribution in [3.63, 3.8) is 0 Å². The fourth-order valence-electron chi connectivity index (χ4n) is 2.15. The van der Waals surface area contributed by atoms with Crippen LogP contribution in [-0.2, 0) is 0 Å². The number of nitrogens with one attached hydrogen (secondary N) is 1. The van der Waals surface area contributed by atoms with Gasteiger partial charge in [0, 0.05) is 6.54 Å². The molecule has 0 aliphatic carbocycles. The summed E-state index contributed by atoms with van der Waals surface area (Å²) in [4.78, 5) is 12.2. The Balaban J connectivity index is 2.36. The third-order valence-electron chi connectivity index (χ3n) is 3.18.